The Hall–Kier alpha value is -2.73. The molecular formula is C20H19N3O3. The van der Waals surface area contributed by atoms with Crippen LogP contribution in [0.1, 0.15) is 28.8 Å². The summed E-state index contributed by atoms with van der Waals surface area (Å²) in [4.78, 5) is 28.4. The van der Waals surface area contributed by atoms with Crippen molar-refractivity contribution in [3.8, 4) is 11.1 Å². The average Bonchev–Trinajstić information content (AvgIpc) is 2.84. The summed E-state index contributed by atoms with van der Waals surface area (Å²) in [6.45, 7) is 4.35. The van der Waals surface area contributed by atoms with E-state index in [0.717, 1.165) is 55.8 Å². The van der Waals surface area contributed by atoms with Crippen LogP contribution in [-0.2, 0) is 0 Å². The quantitative estimate of drug-likeness (QED) is 0.525. The lowest BCUT2D eigenvalue weighted by atomic mass is 10.0. The van der Waals surface area contributed by atoms with Crippen molar-refractivity contribution in [3.05, 3.63) is 57.6 Å². The Morgan fingerprint density at radius 3 is 2.31 bits per heavy atom. The number of piperidine rings is 1. The summed E-state index contributed by atoms with van der Waals surface area (Å²) < 4.78 is 0. The Morgan fingerprint density at radius 1 is 0.885 bits per heavy atom. The SMILES string of the molecule is O=C1c2cc(N3CCN4CCC3CC4)ccc2-c2ccc([N+](=O)[O-])cc21. The van der Waals surface area contributed by atoms with Gasteiger partial charge in [-0.25, -0.2) is 0 Å². The fraction of sp³-hybridized carbons (Fsp3) is 0.350. The summed E-state index contributed by atoms with van der Waals surface area (Å²) in [5.41, 5.74) is 3.83. The third-order valence-corrected chi connectivity index (χ3v) is 5.98. The first kappa shape index (κ1) is 15.5. The number of hydrogen-bond acceptors (Lipinski definition) is 5. The summed E-state index contributed by atoms with van der Waals surface area (Å²) in [6.07, 6.45) is 2.33. The molecule has 26 heavy (non-hydrogen) atoms. The number of nitro benzene ring substituents is 1. The minimum Gasteiger partial charge on any atom is -0.367 e. The van der Waals surface area contributed by atoms with E-state index < -0.39 is 4.92 Å². The molecule has 2 aromatic rings. The van der Waals surface area contributed by atoms with Crippen LogP contribution < -0.4 is 4.90 Å². The van der Waals surface area contributed by atoms with E-state index >= 15 is 0 Å². The van der Waals surface area contributed by atoms with Crippen LogP contribution in [0.2, 0.25) is 0 Å². The van der Waals surface area contributed by atoms with Crippen LogP contribution >= 0.6 is 0 Å². The molecule has 0 radical (unpaired) electrons. The van der Waals surface area contributed by atoms with Crippen molar-refractivity contribution in [1.82, 2.24) is 4.90 Å². The van der Waals surface area contributed by atoms with Gasteiger partial charge >= 0.3 is 0 Å². The molecule has 3 heterocycles. The van der Waals surface area contributed by atoms with Crippen molar-refractivity contribution < 1.29 is 9.72 Å². The van der Waals surface area contributed by atoms with Crippen molar-refractivity contribution in [2.45, 2.75) is 18.9 Å². The van der Waals surface area contributed by atoms with E-state index in [4.69, 9.17) is 0 Å². The van der Waals surface area contributed by atoms with Crippen LogP contribution in [0.5, 0.6) is 0 Å². The zero-order chi connectivity index (χ0) is 17.8. The summed E-state index contributed by atoms with van der Waals surface area (Å²) in [6, 6.07) is 11.2. The number of nitrogens with zero attached hydrogens (tertiary/aromatic N) is 3. The summed E-state index contributed by atoms with van der Waals surface area (Å²) in [5, 5.41) is 11.0. The van der Waals surface area contributed by atoms with E-state index in [1.54, 1.807) is 6.07 Å². The van der Waals surface area contributed by atoms with Crippen LogP contribution in [0.3, 0.4) is 0 Å². The zero-order valence-corrected chi connectivity index (χ0v) is 14.4. The zero-order valence-electron chi connectivity index (χ0n) is 14.4. The average molecular weight is 349 g/mol. The van der Waals surface area contributed by atoms with Crippen LogP contribution in [0.25, 0.3) is 11.1 Å². The van der Waals surface area contributed by atoms with E-state index in [1.807, 2.05) is 12.1 Å². The number of hydrogen-bond donors (Lipinski definition) is 0. The number of anilines is 1. The highest BCUT2D eigenvalue weighted by Crippen LogP contribution is 2.40. The molecule has 0 atom stereocenters. The molecule has 0 aromatic heterocycles. The highest BCUT2D eigenvalue weighted by Gasteiger charge is 2.32. The first-order chi connectivity index (χ1) is 12.6. The second-order valence-corrected chi connectivity index (χ2v) is 7.31. The number of benzene rings is 2. The van der Waals surface area contributed by atoms with E-state index in [2.05, 4.69) is 15.9 Å². The molecule has 0 N–H and O–H groups in total. The lowest BCUT2D eigenvalue weighted by Crippen LogP contribution is -2.37. The maximum Gasteiger partial charge on any atom is 0.270 e. The van der Waals surface area contributed by atoms with E-state index in [0.29, 0.717) is 17.2 Å². The van der Waals surface area contributed by atoms with E-state index in [-0.39, 0.29) is 11.5 Å². The summed E-state index contributed by atoms with van der Waals surface area (Å²) >= 11 is 0. The number of carbonyl (C=O) groups is 1. The first-order valence-corrected chi connectivity index (χ1v) is 9.08. The van der Waals surface area contributed by atoms with Gasteiger partial charge in [0.25, 0.3) is 5.69 Å². The van der Waals surface area contributed by atoms with Crippen LogP contribution in [0.15, 0.2) is 36.4 Å². The topological polar surface area (TPSA) is 66.7 Å². The number of nitro groups is 1. The fourth-order valence-electron chi connectivity index (χ4n) is 4.57. The molecule has 2 aromatic carbocycles. The Morgan fingerprint density at radius 2 is 1.58 bits per heavy atom. The molecule has 3 fully saturated rings. The number of ketones is 1. The van der Waals surface area contributed by atoms with Gasteiger partial charge in [-0.3, -0.25) is 14.9 Å². The van der Waals surface area contributed by atoms with E-state index in [1.165, 1.54) is 12.1 Å². The molecule has 6 rings (SSSR count). The van der Waals surface area contributed by atoms with Crippen LogP contribution in [0, 0.1) is 10.1 Å². The molecule has 6 heteroatoms. The Labute approximate surface area is 151 Å². The van der Waals surface area contributed by atoms with Crippen LogP contribution in [0.4, 0.5) is 11.4 Å². The molecular weight excluding hydrogens is 330 g/mol. The van der Waals surface area contributed by atoms with Gasteiger partial charge in [-0.1, -0.05) is 6.07 Å². The number of non-ortho nitro benzene ring substituents is 1. The lowest BCUT2D eigenvalue weighted by Gasteiger charge is -2.33. The largest absolute Gasteiger partial charge is 0.367 e. The Balaban J connectivity index is 1.54. The van der Waals surface area contributed by atoms with Gasteiger partial charge in [-0.2, -0.15) is 0 Å². The maximum absolute atomic E-state index is 12.9. The smallest absolute Gasteiger partial charge is 0.270 e. The van der Waals surface area contributed by atoms with Gasteiger partial charge in [0.1, 0.15) is 0 Å². The molecule has 0 saturated carbocycles. The van der Waals surface area contributed by atoms with Gasteiger partial charge in [-0.15, -0.1) is 0 Å². The normalized spacial score (nSPS) is 23.5. The number of fused-ring (bicyclic) bond motifs is 7. The molecule has 0 unspecified atom stereocenters. The second kappa shape index (κ2) is 5.64. The van der Waals surface area contributed by atoms with Gasteiger partial charge in [0.05, 0.1) is 4.92 Å². The molecule has 6 nitrogen and oxygen atoms in total. The minimum absolute atomic E-state index is 0.0382. The third-order valence-electron chi connectivity index (χ3n) is 5.98. The minimum atomic E-state index is -0.453. The van der Waals surface area contributed by atoms with Gasteiger partial charge in [0.15, 0.2) is 5.78 Å². The second-order valence-electron chi connectivity index (χ2n) is 7.31. The Bertz CT molecular complexity index is 932. The molecule has 3 aliphatic heterocycles. The van der Waals surface area contributed by atoms with Gasteiger partial charge in [0.2, 0.25) is 0 Å². The number of rotatable bonds is 2. The van der Waals surface area contributed by atoms with E-state index in [9.17, 15) is 14.9 Å². The molecule has 2 bridgehead atoms. The molecule has 1 aliphatic carbocycles. The summed E-state index contributed by atoms with van der Waals surface area (Å²) in [7, 11) is 0. The molecule has 3 saturated heterocycles. The number of carbonyl (C=O) groups excluding carboxylic acids is 1. The van der Waals surface area contributed by atoms with Crippen molar-refractivity contribution in [3.63, 3.8) is 0 Å². The monoisotopic (exact) mass is 349 g/mol. The van der Waals surface area contributed by atoms with Crippen molar-refractivity contribution in [1.29, 1.82) is 0 Å². The molecule has 4 aliphatic rings. The maximum atomic E-state index is 12.9. The third kappa shape index (κ3) is 2.25. The standard InChI is InChI=1S/C20H19N3O3/c24-20-18-11-14(22-10-9-21-7-5-13(22)6-8-21)1-3-16(18)17-4-2-15(23(25)26)12-19(17)20/h1-4,11-13H,5-10H2. The summed E-state index contributed by atoms with van der Waals surface area (Å²) in [5.74, 6) is -0.108. The predicted molar refractivity (Wildman–Crippen MR) is 98.8 cm³/mol. The molecule has 0 amide bonds. The predicted octanol–water partition coefficient (Wildman–Crippen LogP) is 3.09. The van der Waals surface area contributed by atoms with Crippen molar-refractivity contribution in [2.24, 2.45) is 0 Å². The Kier molecular flexibility index (Phi) is 3.37. The van der Waals surface area contributed by atoms with Crippen molar-refractivity contribution >= 4 is 17.2 Å². The van der Waals surface area contributed by atoms with Gasteiger partial charge < -0.3 is 9.80 Å². The van der Waals surface area contributed by atoms with Crippen molar-refractivity contribution in [2.75, 3.05) is 31.1 Å². The lowest BCUT2D eigenvalue weighted by molar-refractivity contribution is -0.384. The molecule has 132 valence electrons. The van der Waals surface area contributed by atoms with Gasteiger partial charge in [-0.05, 0) is 42.2 Å². The first-order valence-electron chi connectivity index (χ1n) is 9.08. The highest BCUT2D eigenvalue weighted by atomic mass is 16.6. The fourth-order valence-corrected chi connectivity index (χ4v) is 4.57. The van der Waals surface area contributed by atoms with Crippen LogP contribution in [-0.4, -0.2) is 47.8 Å². The van der Waals surface area contributed by atoms with Gasteiger partial charge in [0, 0.05) is 61.2 Å². The molecule has 0 spiro atoms. The highest BCUT2D eigenvalue weighted by molar-refractivity contribution is 6.22.